The van der Waals surface area contributed by atoms with Crippen molar-refractivity contribution in [3.05, 3.63) is 59.6 Å². The zero-order valence-corrected chi connectivity index (χ0v) is 14.2. The highest BCUT2D eigenvalue weighted by Gasteiger charge is 2.47. The molecule has 7 nitrogen and oxygen atoms in total. The van der Waals surface area contributed by atoms with E-state index in [1.807, 2.05) is 6.92 Å². The summed E-state index contributed by atoms with van der Waals surface area (Å²) in [5.74, 6) is -0.926. The van der Waals surface area contributed by atoms with Gasteiger partial charge >= 0.3 is 0 Å². The van der Waals surface area contributed by atoms with Gasteiger partial charge in [-0.3, -0.25) is 9.59 Å². The lowest BCUT2D eigenvalue weighted by Gasteiger charge is -2.22. The van der Waals surface area contributed by atoms with Crippen LogP contribution in [0.2, 0.25) is 0 Å². The highest BCUT2D eigenvalue weighted by atomic mass is 16.5. The van der Waals surface area contributed by atoms with Crippen LogP contribution in [-0.2, 0) is 9.59 Å². The molecule has 2 aromatic rings. The van der Waals surface area contributed by atoms with Crippen LogP contribution in [0.25, 0.3) is 5.76 Å². The van der Waals surface area contributed by atoms with Gasteiger partial charge in [0, 0.05) is 12.1 Å². The molecule has 1 saturated heterocycles. The van der Waals surface area contributed by atoms with Crippen LogP contribution < -0.4 is 4.74 Å². The van der Waals surface area contributed by atoms with Gasteiger partial charge in [-0.25, -0.2) is 0 Å². The van der Waals surface area contributed by atoms with E-state index in [-0.39, 0.29) is 24.5 Å². The van der Waals surface area contributed by atoms with Crippen molar-refractivity contribution >= 4 is 17.4 Å². The highest BCUT2D eigenvalue weighted by Crippen LogP contribution is 2.39. The van der Waals surface area contributed by atoms with Crippen molar-refractivity contribution in [3.8, 4) is 5.75 Å². The lowest BCUT2D eigenvalue weighted by atomic mass is 9.99. The molecule has 0 radical (unpaired) electrons. The molecule has 1 atom stereocenters. The SMILES string of the molecule is CCOc1ccc(/C(O)=C2/C(=O)C(=O)N(CCO)C2c2ccco2)cc1. The minimum Gasteiger partial charge on any atom is -0.507 e. The Labute approximate surface area is 150 Å². The maximum Gasteiger partial charge on any atom is 0.295 e. The standard InChI is InChI=1S/C19H19NO6/c1-2-25-13-7-5-12(6-8-13)17(22)15-16(14-4-3-11-26-14)20(9-10-21)19(24)18(15)23/h3-8,11,16,21-22H,2,9-10H2,1H3/b17-15-. The number of nitrogens with zero attached hydrogens (tertiary/aromatic N) is 1. The van der Waals surface area contributed by atoms with Crippen molar-refractivity contribution in [2.45, 2.75) is 13.0 Å². The third-order valence-electron chi connectivity index (χ3n) is 4.13. The number of hydrogen-bond donors (Lipinski definition) is 2. The minimum absolute atomic E-state index is 0.0456. The van der Waals surface area contributed by atoms with E-state index in [4.69, 9.17) is 9.15 Å². The number of Topliss-reactive ketones (excluding diaryl/α,β-unsaturated/α-hetero) is 1. The van der Waals surface area contributed by atoms with Crippen molar-refractivity contribution in [2.75, 3.05) is 19.8 Å². The number of carbonyl (C=O) groups excluding carboxylic acids is 2. The van der Waals surface area contributed by atoms with Gasteiger partial charge in [-0.05, 0) is 43.3 Å². The van der Waals surface area contributed by atoms with Crippen LogP contribution in [0, 0.1) is 0 Å². The molecule has 0 saturated carbocycles. The Balaban J connectivity index is 2.07. The van der Waals surface area contributed by atoms with Crippen LogP contribution in [0.4, 0.5) is 0 Å². The van der Waals surface area contributed by atoms with E-state index in [2.05, 4.69) is 0 Å². The number of ketones is 1. The molecule has 3 rings (SSSR count). The highest BCUT2D eigenvalue weighted by molar-refractivity contribution is 6.46. The van der Waals surface area contributed by atoms with Gasteiger partial charge in [0.2, 0.25) is 0 Å². The summed E-state index contributed by atoms with van der Waals surface area (Å²) >= 11 is 0. The van der Waals surface area contributed by atoms with Crippen molar-refractivity contribution in [1.82, 2.24) is 4.90 Å². The van der Waals surface area contributed by atoms with Gasteiger partial charge in [-0.2, -0.15) is 0 Å². The van der Waals surface area contributed by atoms with Crippen LogP contribution >= 0.6 is 0 Å². The van der Waals surface area contributed by atoms with Gasteiger partial charge in [-0.1, -0.05) is 0 Å². The average Bonchev–Trinajstić information content (AvgIpc) is 3.25. The monoisotopic (exact) mass is 357 g/mol. The number of likely N-dealkylation sites (tertiary alicyclic amines) is 1. The number of rotatable bonds is 6. The summed E-state index contributed by atoms with van der Waals surface area (Å²) in [6.07, 6.45) is 1.42. The number of benzene rings is 1. The van der Waals surface area contributed by atoms with E-state index < -0.39 is 17.7 Å². The average molecular weight is 357 g/mol. The van der Waals surface area contributed by atoms with Gasteiger partial charge < -0.3 is 24.3 Å². The second kappa shape index (κ2) is 7.45. The first-order valence-corrected chi connectivity index (χ1v) is 8.24. The summed E-state index contributed by atoms with van der Waals surface area (Å²) in [4.78, 5) is 26.1. The summed E-state index contributed by atoms with van der Waals surface area (Å²) in [7, 11) is 0. The van der Waals surface area contributed by atoms with E-state index in [0.29, 0.717) is 23.7 Å². The Morgan fingerprint density at radius 1 is 1.23 bits per heavy atom. The van der Waals surface area contributed by atoms with Crippen LogP contribution in [0.5, 0.6) is 5.75 Å². The third-order valence-corrected chi connectivity index (χ3v) is 4.13. The lowest BCUT2D eigenvalue weighted by molar-refractivity contribution is -0.140. The summed E-state index contributed by atoms with van der Waals surface area (Å²) in [5.41, 5.74) is 0.314. The van der Waals surface area contributed by atoms with Gasteiger partial charge in [-0.15, -0.1) is 0 Å². The number of β-amino-alcohol motifs (C(OH)–C–C–N with tert-alkyl or cyclic N) is 1. The molecule has 7 heteroatoms. The Morgan fingerprint density at radius 2 is 1.96 bits per heavy atom. The Morgan fingerprint density at radius 3 is 2.54 bits per heavy atom. The maximum atomic E-state index is 12.5. The van der Waals surface area contributed by atoms with E-state index in [0.717, 1.165) is 0 Å². The molecular formula is C19H19NO6. The maximum absolute atomic E-state index is 12.5. The molecule has 1 aliphatic rings. The van der Waals surface area contributed by atoms with E-state index >= 15 is 0 Å². The Bertz CT molecular complexity index is 822. The number of amides is 1. The molecule has 2 heterocycles. The second-order valence-electron chi connectivity index (χ2n) is 5.69. The molecular weight excluding hydrogens is 338 g/mol. The fourth-order valence-corrected chi connectivity index (χ4v) is 2.99. The predicted octanol–water partition coefficient (Wildman–Crippen LogP) is 2.09. The molecule has 1 amide bonds. The first kappa shape index (κ1) is 17.8. The van der Waals surface area contributed by atoms with Crippen LogP contribution in [0.1, 0.15) is 24.3 Å². The first-order chi connectivity index (χ1) is 12.6. The molecule has 1 unspecified atom stereocenters. The van der Waals surface area contributed by atoms with E-state index in [9.17, 15) is 19.8 Å². The predicted molar refractivity (Wildman–Crippen MR) is 92.4 cm³/mol. The van der Waals surface area contributed by atoms with Crippen molar-refractivity contribution in [1.29, 1.82) is 0 Å². The lowest BCUT2D eigenvalue weighted by Crippen LogP contribution is -2.32. The van der Waals surface area contributed by atoms with Crippen molar-refractivity contribution in [3.63, 3.8) is 0 Å². The number of ether oxygens (including phenoxy) is 1. The van der Waals surface area contributed by atoms with Crippen LogP contribution in [0.3, 0.4) is 0 Å². The molecule has 0 spiro atoms. The summed E-state index contributed by atoms with van der Waals surface area (Å²) in [5, 5.41) is 20.0. The molecule has 1 aliphatic heterocycles. The second-order valence-corrected chi connectivity index (χ2v) is 5.69. The number of aliphatic hydroxyl groups is 2. The van der Waals surface area contributed by atoms with Gasteiger partial charge in [0.1, 0.15) is 23.3 Å². The van der Waals surface area contributed by atoms with Gasteiger partial charge in [0.25, 0.3) is 11.7 Å². The fourth-order valence-electron chi connectivity index (χ4n) is 2.99. The number of aliphatic hydroxyl groups excluding tert-OH is 2. The summed E-state index contributed by atoms with van der Waals surface area (Å²) in [6, 6.07) is 8.92. The molecule has 1 fully saturated rings. The third kappa shape index (κ3) is 3.09. The molecule has 0 bridgehead atoms. The zero-order chi connectivity index (χ0) is 18.7. The smallest absolute Gasteiger partial charge is 0.295 e. The molecule has 1 aromatic heterocycles. The number of furan rings is 1. The topological polar surface area (TPSA) is 100 Å². The van der Waals surface area contributed by atoms with Crippen molar-refractivity contribution in [2.24, 2.45) is 0 Å². The summed E-state index contributed by atoms with van der Waals surface area (Å²) in [6.45, 7) is 2.01. The summed E-state index contributed by atoms with van der Waals surface area (Å²) < 4.78 is 10.7. The minimum atomic E-state index is -0.885. The molecule has 1 aromatic carbocycles. The number of carbonyl (C=O) groups is 2. The van der Waals surface area contributed by atoms with Crippen LogP contribution in [0.15, 0.2) is 52.7 Å². The van der Waals surface area contributed by atoms with Crippen LogP contribution in [-0.4, -0.2) is 46.6 Å². The quantitative estimate of drug-likeness (QED) is 0.466. The van der Waals surface area contributed by atoms with Gasteiger partial charge in [0.05, 0.1) is 25.1 Å². The Hall–Kier alpha value is -3.06. The zero-order valence-electron chi connectivity index (χ0n) is 14.2. The largest absolute Gasteiger partial charge is 0.507 e. The molecule has 136 valence electrons. The molecule has 26 heavy (non-hydrogen) atoms. The molecule has 2 N–H and O–H groups in total. The first-order valence-electron chi connectivity index (χ1n) is 8.24. The van der Waals surface area contributed by atoms with Crippen molar-refractivity contribution < 1.29 is 29.0 Å². The van der Waals surface area contributed by atoms with E-state index in [1.54, 1.807) is 36.4 Å². The normalized spacial score (nSPS) is 19.2. The molecule has 0 aliphatic carbocycles. The van der Waals surface area contributed by atoms with E-state index in [1.165, 1.54) is 11.2 Å². The Kier molecular flexibility index (Phi) is 5.09. The van der Waals surface area contributed by atoms with Gasteiger partial charge in [0.15, 0.2) is 0 Å². The number of hydrogen-bond acceptors (Lipinski definition) is 6. The fraction of sp³-hybridized carbons (Fsp3) is 0.263.